The van der Waals surface area contributed by atoms with E-state index in [2.05, 4.69) is 20.9 Å². The van der Waals surface area contributed by atoms with Crippen molar-refractivity contribution in [3.05, 3.63) is 54.0 Å². The molecule has 1 aliphatic rings. The summed E-state index contributed by atoms with van der Waals surface area (Å²) in [7, 11) is 3.53. The minimum atomic E-state index is -0.264. The highest BCUT2D eigenvalue weighted by molar-refractivity contribution is 6.02. The van der Waals surface area contributed by atoms with Crippen molar-refractivity contribution < 1.29 is 13.9 Å². The van der Waals surface area contributed by atoms with E-state index in [4.69, 9.17) is 9.15 Å². The van der Waals surface area contributed by atoms with Gasteiger partial charge in [-0.2, -0.15) is 0 Å². The van der Waals surface area contributed by atoms with Crippen LogP contribution in [0.2, 0.25) is 0 Å². The molecule has 0 unspecified atom stereocenters. The molecule has 1 aromatic heterocycles. The van der Waals surface area contributed by atoms with Gasteiger partial charge in [0.1, 0.15) is 0 Å². The van der Waals surface area contributed by atoms with Crippen LogP contribution in [0.25, 0.3) is 0 Å². The molecule has 0 atom stereocenters. The van der Waals surface area contributed by atoms with Gasteiger partial charge in [-0.05, 0) is 54.5 Å². The number of carbonyl (C=O) groups is 1. The van der Waals surface area contributed by atoms with Crippen molar-refractivity contribution in [3.8, 4) is 0 Å². The topological polar surface area (TPSA) is 87.9 Å². The molecule has 0 radical (unpaired) electrons. The van der Waals surface area contributed by atoms with Gasteiger partial charge in [0.05, 0.1) is 6.26 Å². The Kier molecular flexibility index (Phi) is 7.30. The molecule has 156 valence electrons. The fourth-order valence-electron chi connectivity index (χ4n) is 3.55. The van der Waals surface area contributed by atoms with Crippen LogP contribution in [-0.2, 0) is 11.3 Å². The van der Waals surface area contributed by atoms with Gasteiger partial charge in [-0.1, -0.05) is 18.6 Å². The van der Waals surface area contributed by atoms with Gasteiger partial charge in [-0.15, -0.1) is 0 Å². The zero-order valence-corrected chi connectivity index (χ0v) is 17.2. The Hall–Kier alpha value is -2.80. The van der Waals surface area contributed by atoms with Crippen molar-refractivity contribution in [2.24, 2.45) is 10.4 Å². The monoisotopic (exact) mass is 398 g/mol. The van der Waals surface area contributed by atoms with E-state index in [1.54, 1.807) is 26.3 Å². The molecule has 7 heteroatoms. The first-order chi connectivity index (χ1) is 14.1. The molecule has 2 aromatic rings. The number of hydrogen-bond acceptors (Lipinski definition) is 4. The van der Waals surface area contributed by atoms with Gasteiger partial charge in [0.25, 0.3) is 5.91 Å². The number of benzene rings is 1. The van der Waals surface area contributed by atoms with Gasteiger partial charge >= 0.3 is 0 Å². The van der Waals surface area contributed by atoms with E-state index in [9.17, 15) is 4.79 Å². The molecule has 29 heavy (non-hydrogen) atoms. The Bertz CT molecular complexity index is 813. The number of nitrogens with zero attached hydrogens (tertiary/aromatic N) is 1. The molecule has 1 heterocycles. The smallest absolute Gasteiger partial charge is 0.291 e. The van der Waals surface area contributed by atoms with Gasteiger partial charge in [-0.25, -0.2) is 0 Å². The van der Waals surface area contributed by atoms with E-state index < -0.39 is 0 Å². The number of rotatable bonds is 9. The molecular weight excluding hydrogens is 368 g/mol. The molecule has 1 amide bonds. The third-order valence-electron chi connectivity index (χ3n) is 5.49. The lowest BCUT2D eigenvalue weighted by Crippen LogP contribution is -2.46. The summed E-state index contributed by atoms with van der Waals surface area (Å²) >= 11 is 0. The minimum Gasteiger partial charge on any atom is -0.459 e. The summed E-state index contributed by atoms with van der Waals surface area (Å²) in [4.78, 5) is 16.5. The Morgan fingerprint density at radius 1 is 1.24 bits per heavy atom. The second kappa shape index (κ2) is 10.1. The van der Waals surface area contributed by atoms with Gasteiger partial charge in [0, 0.05) is 39.5 Å². The maximum absolute atomic E-state index is 12.1. The SMILES string of the molecule is CN=C(NCc1cccc(NC(=O)c2ccco2)c1)NCC1(CCOC)CCC1. The van der Waals surface area contributed by atoms with Gasteiger partial charge < -0.3 is 25.1 Å². The summed E-state index contributed by atoms with van der Waals surface area (Å²) in [5.74, 6) is 0.801. The van der Waals surface area contributed by atoms with Crippen molar-refractivity contribution in [3.63, 3.8) is 0 Å². The number of ether oxygens (including phenoxy) is 1. The number of aliphatic imine (C=N–C) groups is 1. The summed E-state index contributed by atoms with van der Waals surface area (Å²) < 4.78 is 10.4. The maximum atomic E-state index is 12.1. The molecule has 0 aliphatic heterocycles. The lowest BCUT2D eigenvalue weighted by molar-refractivity contribution is 0.0732. The van der Waals surface area contributed by atoms with Crippen LogP contribution in [-0.4, -0.2) is 39.2 Å². The molecule has 1 aliphatic carbocycles. The highest BCUT2D eigenvalue weighted by Gasteiger charge is 2.36. The molecular formula is C22H30N4O3. The number of carbonyl (C=O) groups excluding carboxylic acids is 1. The second-order valence-electron chi connectivity index (χ2n) is 7.51. The molecule has 0 spiro atoms. The van der Waals surface area contributed by atoms with Crippen LogP contribution in [0.15, 0.2) is 52.1 Å². The highest BCUT2D eigenvalue weighted by atomic mass is 16.5. The molecule has 3 N–H and O–H groups in total. The van der Waals surface area contributed by atoms with Crippen LogP contribution in [0.3, 0.4) is 0 Å². The highest BCUT2D eigenvalue weighted by Crippen LogP contribution is 2.43. The first-order valence-corrected chi connectivity index (χ1v) is 10.0. The average Bonchev–Trinajstić information content (AvgIpc) is 3.24. The summed E-state index contributed by atoms with van der Waals surface area (Å²) in [6.45, 7) is 2.30. The summed E-state index contributed by atoms with van der Waals surface area (Å²) in [5, 5.41) is 9.65. The number of guanidine groups is 1. The maximum Gasteiger partial charge on any atom is 0.291 e. The number of amides is 1. The van der Waals surface area contributed by atoms with E-state index in [1.165, 1.54) is 25.5 Å². The number of anilines is 1. The number of hydrogen-bond donors (Lipinski definition) is 3. The Morgan fingerprint density at radius 2 is 2.10 bits per heavy atom. The van der Waals surface area contributed by atoms with E-state index in [0.29, 0.717) is 12.0 Å². The van der Waals surface area contributed by atoms with Crippen molar-refractivity contribution >= 4 is 17.6 Å². The molecule has 1 saturated carbocycles. The molecule has 0 saturated heterocycles. The Labute approximate surface area is 171 Å². The van der Waals surface area contributed by atoms with Crippen LogP contribution in [0.4, 0.5) is 5.69 Å². The number of methoxy groups -OCH3 is 1. The molecule has 3 rings (SSSR count). The normalized spacial score (nSPS) is 15.4. The zero-order valence-electron chi connectivity index (χ0n) is 17.2. The van der Waals surface area contributed by atoms with Crippen LogP contribution in [0.5, 0.6) is 0 Å². The Morgan fingerprint density at radius 3 is 2.76 bits per heavy atom. The molecule has 7 nitrogen and oxygen atoms in total. The minimum absolute atomic E-state index is 0.264. The van der Waals surface area contributed by atoms with Crippen LogP contribution < -0.4 is 16.0 Å². The van der Waals surface area contributed by atoms with Crippen LogP contribution in [0, 0.1) is 5.41 Å². The summed E-state index contributed by atoms with van der Waals surface area (Å²) in [6.07, 6.45) is 6.31. The fourth-order valence-corrected chi connectivity index (χ4v) is 3.55. The average molecular weight is 399 g/mol. The second-order valence-corrected chi connectivity index (χ2v) is 7.51. The van der Waals surface area contributed by atoms with E-state index >= 15 is 0 Å². The van der Waals surface area contributed by atoms with Crippen molar-refractivity contribution in [2.45, 2.75) is 32.2 Å². The van der Waals surface area contributed by atoms with Crippen molar-refractivity contribution in [1.82, 2.24) is 10.6 Å². The lowest BCUT2D eigenvalue weighted by atomic mass is 9.67. The first-order valence-electron chi connectivity index (χ1n) is 10.0. The van der Waals surface area contributed by atoms with Gasteiger partial charge in [0.15, 0.2) is 11.7 Å². The van der Waals surface area contributed by atoms with E-state index in [1.807, 2.05) is 24.3 Å². The third kappa shape index (κ3) is 5.84. The quantitative estimate of drug-likeness (QED) is 0.445. The standard InChI is InChI=1S/C22H30N4O3/c1-23-21(25-16-22(9-5-10-22)11-13-28-2)24-15-17-6-3-7-18(14-17)26-20(27)19-8-4-12-29-19/h3-4,6-8,12,14H,5,9-11,13,15-16H2,1-2H3,(H,26,27)(H2,23,24,25). The summed E-state index contributed by atoms with van der Waals surface area (Å²) in [5.41, 5.74) is 2.09. The number of nitrogens with one attached hydrogen (secondary N) is 3. The van der Waals surface area contributed by atoms with E-state index in [0.717, 1.165) is 36.8 Å². The third-order valence-corrected chi connectivity index (χ3v) is 5.49. The van der Waals surface area contributed by atoms with E-state index in [-0.39, 0.29) is 11.7 Å². The zero-order chi connectivity index (χ0) is 20.5. The van der Waals surface area contributed by atoms with Crippen LogP contribution in [0.1, 0.15) is 41.8 Å². The van der Waals surface area contributed by atoms with Crippen LogP contribution >= 0.6 is 0 Å². The number of furan rings is 1. The van der Waals surface area contributed by atoms with Crippen molar-refractivity contribution in [1.29, 1.82) is 0 Å². The van der Waals surface area contributed by atoms with Crippen molar-refractivity contribution in [2.75, 3.05) is 32.6 Å². The lowest BCUT2D eigenvalue weighted by Gasteiger charge is -2.42. The molecule has 1 aromatic carbocycles. The fraction of sp³-hybridized carbons (Fsp3) is 0.455. The van der Waals surface area contributed by atoms with Gasteiger partial charge in [0.2, 0.25) is 0 Å². The Balaban J connectivity index is 1.50. The molecule has 0 bridgehead atoms. The summed E-state index contributed by atoms with van der Waals surface area (Å²) in [6, 6.07) is 11.0. The largest absolute Gasteiger partial charge is 0.459 e. The predicted molar refractivity (Wildman–Crippen MR) is 114 cm³/mol. The molecule has 1 fully saturated rings. The van der Waals surface area contributed by atoms with Gasteiger partial charge in [-0.3, -0.25) is 9.79 Å². The first kappa shape index (κ1) is 20.9. The predicted octanol–water partition coefficient (Wildman–Crippen LogP) is 3.40.